The minimum absolute atomic E-state index is 0.220. The summed E-state index contributed by atoms with van der Waals surface area (Å²) in [4.78, 5) is 2.27. The lowest BCUT2D eigenvalue weighted by Gasteiger charge is -2.30. The Morgan fingerprint density at radius 3 is 2.69 bits per heavy atom. The molecule has 16 heavy (non-hydrogen) atoms. The van der Waals surface area contributed by atoms with E-state index in [1.54, 1.807) is 12.3 Å². The number of piperazine rings is 1. The molecular formula is C12H16FN3. The molecular weight excluding hydrogens is 205 g/mol. The zero-order valence-electron chi connectivity index (χ0n) is 9.43. The van der Waals surface area contributed by atoms with E-state index in [9.17, 15) is 4.39 Å². The lowest BCUT2D eigenvalue weighted by molar-refractivity contribution is 0.159. The molecule has 1 aromatic carbocycles. The molecule has 0 aromatic heterocycles. The van der Waals surface area contributed by atoms with Crippen molar-refractivity contribution in [3.05, 3.63) is 35.6 Å². The van der Waals surface area contributed by atoms with Crippen LogP contribution < -0.4 is 0 Å². The number of rotatable bonds is 2. The van der Waals surface area contributed by atoms with Gasteiger partial charge in [-0.05, 0) is 24.7 Å². The highest BCUT2D eigenvalue weighted by Gasteiger charge is 2.10. The van der Waals surface area contributed by atoms with E-state index in [4.69, 9.17) is 0 Å². The number of nitrogens with zero attached hydrogens (tertiary/aromatic N) is 3. The molecule has 1 heterocycles. The second kappa shape index (κ2) is 5.07. The standard InChI is InChI=1S/C12H16FN3/c1-15-5-7-16(8-6-15)14-10-11-3-2-4-12(13)9-11/h2-4,9-10H,5-8H2,1H3. The molecule has 4 heteroatoms. The van der Waals surface area contributed by atoms with E-state index in [0.29, 0.717) is 0 Å². The summed E-state index contributed by atoms with van der Waals surface area (Å²) in [6.07, 6.45) is 1.72. The highest BCUT2D eigenvalue weighted by atomic mass is 19.1. The topological polar surface area (TPSA) is 18.8 Å². The van der Waals surface area contributed by atoms with E-state index in [-0.39, 0.29) is 5.82 Å². The minimum atomic E-state index is -0.220. The average molecular weight is 221 g/mol. The number of hydrogen-bond acceptors (Lipinski definition) is 3. The Morgan fingerprint density at radius 2 is 2.00 bits per heavy atom. The van der Waals surface area contributed by atoms with Gasteiger partial charge in [-0.3, -0.25) is 5.01 Å². The molecule has 1 aliphatic heterocycles. The van der Waals surface area contributed by atoms with Crippen molar-refractivity contribution in [3.8, 4) is 0 Å². The summed E-state index contributed by atoms with van der Waals surface area (Å²) < 4.78 is 12.9. The number of likely N-dealkylation sites (N-methyl/N-ethyl adjacent to an activating group) is 1. The highest BCUT2D eigenvalue weighted by molar-refractivity contribution is 5.79. The van der Waals surface area contributed by atoms with Gasteiger partial charge in [-0.2, -0.15) is 5.10 Å². The predicted molar refractivity (Wildman–Crippen MR) is 63.1 cm³/mol. The van der Waals surface area contributed by atoms with Crippen molar-refractivity contribution in [2.75, 3.05) is 33.2 Å². The van der Waals surface area contributed by atoms with Crippen LogP contribution in [0.1, 0.15) is 5.56 Å². The van der Waals surface area contributed by atoms with Gasteiger partial charge in [-0.25, -0.2) is 4.39 Å². The summed E-state index contributed by atoms with van der Waals surface area (Å²) in [5.41, 5.74) is 0.805. The van der Waals surface area contributed by atoms with Crippen molar-refractivity contribution in [1.29, 1.82) is 0 Å². The Labute approximate surface area is 95.2 Å². The molecule has 0 N–H and O–H groups in total. The fraction of sp³-hybridized carbons (Fsp3) is 0.417. The van der Waals surface area contributed by atoms with E-state index >= 15 is 0 Å². The van der Waals surface area contributed by atoms with Gasteiger partial charge in [-0.15, -0.1) is 0 Å². The predicted octanol–water partition coefficient (Wildman–Crippen LogP) is 1.41. The molecule has 0 spiro atoms. The van der Waals surface area contributed by atoms with E-state index in [1.807, 2.05) is 11.1 Å². The maximum atomic E-state index is 12.9. The van der Waals surface area contributed by atoms with Crippen LogP contribution in [0.2, 0.25) is 0 Å². The summed E-state index contributed by atoms with van der Waals surface area (Å²) in [6, 6.07) is 6.47. The van der Waals surface area contributed by atoms with E-state index in [0.717, 1.165) is 31.7 Å². The Bertz CT molecular complexity index is 370. The molecule has 0 saturated carbocycles. The fourth-order valence-electron chi connectivity index (χ4n) is 1.65. The van der Waals surface area contributed by atoms with Crippen molar-refractivity contribution < 1.29 is 4.39 Å². The van der Waals surface area contributed by atoms with Gasteiger partial charge < -0.3 is 4.90 Å². The molecule has 0 bridgehead atoms. The minimum Gasteiger partial charge on any atom is -0.303 e. The van der Waals surface area contributed by atoms with Crippen LogP contribution >= 0.6 is 0 Å². The van der Waals surface area contributed by atoms with Crippen LogP contribution in [0.3, 0.4) is 0 Å². The first-order chi connectivity index (χ1) is 7.74. The molecule has 0 amide bonds. The van der Waals surface area contributed by atoms with Crippen molar-refractivity contribution >= 4 is 6.21 Å². The van der Waals surface area contributed by atoms with Gasteiger partial charge in [0.2, 0.25) is 0 Å². The lowest BCUT2D eigenvalue weighted by atomic mass is 10.2. The van der Waals surface area contributed by atoms with Crippen molar-refractivity contribution in [1.82, 2.24) is 9.91 Å². The molecule has 86 valence electrons. The fourth-order valence-corrected chi connectivity index (χ4v) is 1.65. The third-order valence-electron chi connectivity index (χ3n) is 2.70. The van der Waals surface area contributed by atoms with Crippen molar-refractivity contribution in [3.63, 3.8) is 0 Å². The highest BCUT2D eigenvalue weighted by Crippen LogP contribution is 2.03. The zero-order valence-corrected chi connectivity index (χ0v) is 9.43. The summed E-state index contributed by atoms with van der Waals surface area (Å²) >= 11 is 0. The SMILES string of the molecule is CN1CCN(N=Cc2cccc(F)c2)CC1. The first-order valence-corrected chi connectivity index (χ1v) is 5.47. The van der Waals surface area contributed by atoms with E-state index in [1.165, 1.54) is 12.1 Å². The lowest BCUT2D eigenvalue weighted by Crippen LogP contribution is -2.41. The maximum absolute atomic E-state index is 12.9. The summed E-state index contributed by atoms with van der Waals surface area (Å²) in [5, 5.41) is 6.36. The number of halogens is 1. The van der Waals surface area contributed by atoms with Crippen LogP contribution in [0.5, 0.6) is 0 Å². The molecule has 1 aliphatic rings. The Kier molecular flexibility index (Phi) is 3.51. The van der Waals surface area contributed by atoms with Gasteiger partial charge in [0.05, 0.1) is 6.21 Å². The Hall–Kier alpha value is -1.42. The third kappa shape index (κ3) is 3.03. The Balaban J connectivity index is 1.94. The number of benzene rings is 1. The molecule has 0 unspecified atom stereocenters. The summed E-state index contributed by atoms with van der Waals surface area (Å²) in [7, 11) is 2.10. The molecule has 1 aromatic rings. The van der Waals surface area contributed by atoms with Gasteiger partial charge in [0, 0.05) is 26.2 Å². The van der Waals surface area contributed by atoms with Gasteiger partial charge in [0.1, 0.15) is 5.82 Å². The quantitative estimate of drug-likeness (QED) is 0.703. The van der Waals surface area contributed by atoms with Crippen LogP contribution in [-0.2, 0) is 0 Å². The second-order valence-corrected chi connectivity index (χ2v) is 4.06. The largest absolute Gasteiger partial charge is 0.303 e. The number of hydrogen-bond donors (Lipinski definition) is 0. The Morgan fingerprint density at radius 1 is 1.25 bits per heavy atom. The average Bonchev–Trinajstić information content (AvgIpc) is 2.28. The van der Waals surface area contributed by atoms with Gasteiger partial charge >= 0.3 is 0 Å². The van der Waals surface area contributed by atoms with Crippen LogP contribution in [0.4, 0.5) is 4.39 Å². The van der Waals surface area contributed by atoms with Crippen LogP contribution in [0, 0.1) is 5.82 Å². The molecule has 3 nitrogen and oxygen atoms in total. The molecule has 2 rings (SSSR count). The molecule has 0 aliphatic carbocycles. The third-order valence-corrected chi connectivity index (χ3v) is 2.70. The maximum Gasteiger partial charge on any atom is 0.123 e. The molecule has 1 saturated heterocycles. The van der Waals surface area contributed by atoms with E-state index in [2.05, 4.69) is 17.0 Å². The number of hydrazone groups is 1. The van der Waals surface area contributed by atoms with Crippen LogP contribution in [0.15, 0.2) is 29.4 Å². The summed E-state index contributed by atoms with van der Waals surface area (Å²) in [6.45, 7) is 3.92. The van der Waals surface area contributed by atoms with Crippen molar-refractivity contribution in [2.45, 2.75) is 0 Å². The smallest absolute Gasteiger partial charge is 0.123 e. The van der Waals surface area contributed by atoms with Gasteiger partial charge in [0.25, 0.3) is 0 Å². The second-order valence-electron chi connectivity index (χ2n) is 4.06. The first kappa shape index (κ1) is 11.1. The summed E-state index contributed by atoms with van der Waals surface area (Å²) in [5.74, 6) is -0.220. The van der Waals surface area contributed by atoms with Gasteiger partial charge in [-0.1, -0.05) is 12.1 Å². The molecule has 0 atom stereocenters. The van der Waals surface area contributed by atoms with Crippen LogP contribution in [0.25, 0.3) is 0 Å². The molecule has 0 radical (unpaired) electrons. The van der Waals surface area contributed by atoms with Crippen molar-refractivity contribution in [2.24, 2.45) is 5.10 Å². The van der Waals surface area contributed by atoms with E-state index < -0.39 is 0 Å². The zero-order chi connectivity index (χ0) is 11.4. The normalized spacial score (nSPS) is 18.2. The molecule has 1 fully saturated rings. The first-order valence-electron chi connectivity index (χ1n) is 5.47. The monoisotopic (exact) mass is 221 g/mol. The van der Waals surface area contributed by atoms with Crippen LogP contribution in [-0.4, -0.2) is 49.4 Å². The van der Waals surface area contributed by atoms with Gasteiger partial charge in [0.15, 0.2) is 0 Å².